The van der Waals surface area contributed by atoms with Crippen molar-refractivity contribution in [2.24, 2.45) is 11.5 Å². The zero-order valence-corrected chi connectivity index (χ0v) is 8.81. The summed E-state index contributed by atoms with van der Waals surface area (Å²) in [5.74, 6) is 4.89. The van der Waals surface area contributed by atoms with Crippen LogP contribution in [0.5, 0.6) is 0 Å². The lowest BCUT2D eigenvalue weighted by Crippen LogP contribution is -2.20. The molecule has 0 aliphatic carbocycles. The van der Waals surface area contributed by atoms with E-state index >= 15 is 0 Å². The fourth-order valence-electron chi connectivity index (χ4n) is 1.29. The van der Waals surface area contributed by atoms with Crippen LogP contribution in [-0.2, 0) is 4.79 Å². The molecule has 0 aromatic heterocycles. The molecule has 5 N–H and O–H groups in total. The molecule has 0 aliphatic heterocycles. The van der Waals surface area contributed by atoms with Gasteiger partial charge in [0.15, 0.2) is 0 Å². The molecular weight excluding hydrogens is 204 g/mol. The molecule has 0 fully saturated rings. The van der Waals surface area contributed by atoms with Gasteiger partial charge in [-0.25, -0.2) is 0 Å². The second kappa shape index (κ2) is 5.91. The molecule has 1 atom stereocenters. The Labute approximate surface area is 94.3 Å². The lowest BCUT2D eigenvalue weighted by Gasteiger charge is -2.09. The minimum atomic E-state index is -0.420. The quantitative estimate of drug-likeness (QED) is 0.619. The average molecular weight is 218 g/mol. The fourth-order valence-corrected chi connectivity index (χ4v) is 1.29. The van der Waals surface area contributed by atoms with Gasteiger partial charge < -0.3 is 16.6 Å². The number of aliphatic hydroxyl groups is 1. The van der Waals surface area contributed by atoms with E-state index < -0.39 is 5.91 Å². The monoisotopic (exact) mass is 218 g/mol. The van der Waals surface area contributed by atoms with E-state index in [2.05, 4.69) is 11.8 Å². The fraction of sp³-hybridized carbons (Fsp3) is 0.250. The van der Waals surface area contributed by atoms with Crippen molar-refractivity contribution in [2.75, 3.05) is 6.61 Å². The highest BCUT2D eigenvalue weighted by atomic mass is 16.2. The Balaban J connectivity index is 2.74. The van der Waals surface area contributed by atoms with Crippen LogP contribution in [0.25, 0.3) is 0 Å². The van der Waals surface area contributed by atoms with Crippen molar-refractivity contribution < 1.29 is 9.90 Å². The Hall–Kier alpha value is -1.83. The molecule has 0 bridgehead atoms. The zero-order valence-electron chi connectivity index (χ0n) is 8.81. The van der Waals surface area contributed by atoms with Crippen molar-refractivity contribution >= 4 is 5.91 Å². The summed E-state index contributed by atoms with van der Waals surface area (Å²) in [6.07, 6.45) is 0.127. The Morgan fingerprint density at radius 2 is 2.00 bits per heavy atom. The third-order valence-electron chi connectivity index (χ3n) is 2.07. The first-order chi connectivity index (χ1) is 7.63. The van der Waals surface area contributed by atoms with Gasteiger partial charge in [0.2, 0.25) is 5.91 Å². The molecule has 4 heteroatoms. The maximum Gasteiger partial charge on any atom is 0.219 e. The van der Waals surface area contributed by atoms with Crippen LogP contribution in [0.1, 0.15) is 23.6 Å². The number of carbonyl (C=O) groups is 1. The normalized spacial score (nSPS) is 11.4. The first-order valence-electron chi connectivity index (χ1n) is 4.87. The number of hydrogen-bond acceptors (Lipinski definition) is 3. The average Bonchev–Trinajstić information content (AvgIpc) is 2.26. The van der Waals surface area contributed by atoms with Crippen molar-refractivity contribution in [2.45, 2.75) is 12.5 Å². The second-order valence-electron chi connectivity index (χ2n) is 3.36. The number of aliphatic hydroxyl groups excluding tert-OH is 1. The van der Waals surface area contributed by atoms with Gasteiger partial charge in [-0.2, -0.15) is 0 Å². The first kappa shape index (κ1) is 12.2. The lowest BCUT2D eigenvalue weighted by atomic mass is 10.0. The van der Waals surface area contributed by atoms with Crippen LogP contribution in [0.4, 0.5) is 0 Å². The summed E-state index contributed by atoms with van der Waals surface area (Å²) in [5, 5.41) is 8.52. The second-order valence-corrected chi connectivity index (χ2v) is 3.36. The van der Waals surface area contributed by atoms with E-state index in [9.17, 15) is 4.79 Å². The summed E-state index contributed by atoms with van der Waals surface area (Å²) >= 11 is 0. The van der Waals surface area contributed by atoms with E-state index in [1.807, 2.05) is 0 Å². The van der Waals surface area contributed by atoms with Crippen LogP contribution in [-0.4, -0.2) is 17.6 Å². The molecule has 1 rings (SSSR count). The van der Waals surface area contributed by atoms with E-state index in [-0.39, 0.29) is 19.1 Å². The van der Waals surface area contributed by atoms with Crippen molar-refractivity contribution in [3.63, 3.8) is 0 Å². The number of hydrogen-bond donors (Lipinski definition) is 3. The van der Waals surface area contributed by atoms with Crippen molar-refractivity contribution in [1.82, 2.24) is 0 Å². The lowest BCUT2D eigenvalue weighted by molar-refractivity contribution is -0.118. The standard InChI is InChI=1S/C12H14N2O2/c13-11(8-12(14)16)10-5-3-9(4-6-10)2-1-7-15/h3-6,11,15H,7-8,13H2,(H2,14,16). The molecule has 16 heavy (non-hydrogen) atoms. The number of benzene rings is 1. The highest BCUT2D eigenvalue weighted by molar-refractivity contribution is 5.74. The largest absolute Gasteiger partial charge is 0.384 e. The van der Waals surface area contributed by atoms with Crippen LogP contribution >= 0.6 is 0 Å². The van der Waals surface area contributed by atoms with E-state index in [4.69, 9.17) is 16.6 Å². The molecule has 1 aromatic carbocycles. The van der Waals surface area contributed by atoms with Crippen molar-refractivity contribution in [3.05, 3.63) is 35.4 Å². The summed E-state index contributed by atoms with van der Waals surface area (Å²) in [6.45, 7) is -0.164. The number of amides is 1. The molecular formula is C12H14N2O2. The van der Waals surface area contributed by atoms with E-state index in [0.717, 1.165) is 11.1 Å². The van der Waals surface area contributed by atoms with Crippen LogP contribution in [0, 0.1) is 11.8 Å². The molecule has 0 saturated heterocycles. The third kappa shape index (κ3) is 3.73. The number of primary amides is 1. The minimum Gasteiger partial charge on any atom is -0.384 e. The number of nitrogens with two attached hydrogens (primary N) is 2. The third-order valence-corrected chi connectivity index (χ3v) is 2.07. The summed E-state index contributed by atoms with van der Waals surface area (Å²) in [5.41, 5.74) is 12.5. The van der Waals surface area contributed by atoms with Crippen molar-refractivity contribution in [3.8, 4) is 11.8 Å². The molecule has 1 amide bonds. The molecule has 0 aliphatic rings. The van der Waals surface area contributed by atoms with Crippen molar-refractivity contribution in [1.29, 1.82) is 0 Å². The highest BCUT2D eigenvalue weighted by Crippen LogP contribution is 2.14. The van der Waals surface area contributed by atoms with Gasteiger partial charge in [0.1, 0.15) is 6.61 Å². The van der Waals surface area contributed by atoms with Crippen LogP contribution < -0.4 is 11.5 Å². The predicted octanol–water partition coefficient (Wildman–Crippen LogP) is -0.0944. The van der Waals surface area contributed by atoms with Gasteiger partial charge >= 0.3 is 0 Å². The SMILES string of the molecule is NC(=O)CC(N)c1ccc(C#CCO)cc1. The topological polar surface area (TPSA) is 89.3 Å². The Morgan fingerprint density at radius 3 is 2.50 bits per heavy atom. The number of carbonyl (C=O) groups excluding carboxylic acids is 1. The van der Waals surface area contributed by atoms with Gasteiger partial charge in [-0.15, -0.1) is 0 Å². The molecule has 4 nitrogen and oxygen atoms in total. The summed E-state index contributed by atoms with van der Waals surface area (Å²) in [6, 6.07) is 6.80. The zero-order chi connectivity index (χ0) is 12.0. The minimum absolute atomic E-state index is 0.127. The molecule has 0 spiro atoms. The van der Waals surface area contributed by atoms with Crippen LogP contribution in [0.3, 0.4) is 0 Å². The maximum atomic E-state index is 10.7. The molecule has 1 aromatic rings. The number of rotatable bonds is 3. The Kier molecular flexibility index (Phi) is 4.52. The van der Waals surface area contributed by atoms with Gasteiger partial charge in [0, 0.05) is 18.0 Å². The molecule has 84 valence electrons. The predicted molar refractivity (Wildman–Crippen MR) is 61.1 cm³/mol. The summed E-state index contributed by atoms with van der Waals surface area (Å²) < 4.78 is 0. The first-order valence-corrected chi connectivity index (χ1v) is 4.87. The van der Waals surface area contributed by atoms with Gasteiger partial charge in [-0.05, 0) is 17.7 Å². The van der Waals surface area contributed by atoms with E-state index in [0.29, 0.717) is 0 Å². The van der Waals surface area contributed by atoms with Gasteiger partial charge in [-0.1, -0.05) is 24.0 Å². The maximum absolute atomic E-state index is 10.7. The van der Waals surface area contributed by atoms with Crippen LogP contribution in [0.15, 0.2) is 24.3 Å². The van der Waals surface area contributed by atoms with Crippen LogP contribution in [0.2, 0.25) is 0 Å². The van der Waals surface area contributed by atoms with E-state index in [1.54, 1.807) is 24.3 Å². The molecule has 0 radical (unpaired) electrons. The van der Waals surface area contributed by atoms with E-state index in [1.165, 1.54) is 0 Å². The molecule has 0 saturated carbocycles. The van der Waals surface area contributed by atoms with Gasteiger partial charge in [0.05, 0.1) is 0 Å². The highest BCUT2D eigenvalue weighted by Gasteiger charge is 2.08. The molecule has 0 heterocycles. The molecule has 1 unspecified atom stereocenters. The Bertz CT molecular complexity index is 415. The van der Waals surface area contributed by atoms with Gasteiger partial charge in [0.25, 0.3) is 0 Å². The summed E-state index contributed by atoms with van der Waals surface area (Å²) in [4.78, 5) is 10.7. The Morgan fingerprint density at radius 1 is 1.38 bits per heavy atom. The summed E-state index contributed by atoms with van der Waals surface area (Å²) in [7, 11) is 0. The van der Waals surface area contributed by atoms with Gasteiger partial charge in [-0.3, -0.25) is 4.79 Å². The smallest absolute Gasteiger partial charge is 0.219 e.